The Hall–Kier alpha value is -2.96. The van der Waals surface area contributed by atoms with E-state index in [4.69, 9.17) is 0 Å². The van der Waals surface area contributed by atoms with Crippen molar-refractivity contribution in [1.82, 2.24) is 14.5 Å². The van der Waals surface area contributed by atoms with Gasteiger partial charge in [0.25, 0.3) is 0 Å². The fourth-order valence-corrected chi connectivity index (χ4v) is 2.13. The van der Waals surface area contributed by atoms with Crippen LogP contribution in [0.5, 0.6) is 0 Å². The third-order valence-corrected chi connectivity index (χ3v) is 3.09. The summed E-state index contributed by atoms with van der Waals surface area (Å²) in [7, 11) is 1.21. The predicted molar refractivity (Wildman–Crippen MR) is 73.0 cm³/mol. The summed E-state index contributed by atoms with van der Waals surface area (Å²) in [4.78, 5) is 29.8. The van der Waals surface area contributed by atoms with Crippen LogP contribution >= 0.6 is 0 Å². The van der Waals surface area contributed by atoms with E-state index < -0.39 is 17.5 Å². The van der Waals surface area contributed by atoms with Crippen LogP contribution in [0.25, 0.3) is 16.7 Å². The molecule has 106 valence electrons. The highest BCUT2D eigenvalue weighted by molar-refractivity contribution is 5.89. The number of benzene rings is 1. The van der Waals surface area contributed by atoms with E-state index in [0.717, 1.165) is 6.07 Å². The summed E-state index contributed by atoms with van der Waals surface area (Å²) in [6, 6.07) is 5.39. The number of hydrogen-bond acceptors (Lipinski definition) is 4. The third kappa shape index (κ3) is 2.08. The normalized spacial score (nSPS) is 10.8. The molecule has 0 bridgehead atoms. The first-order valence-electron chi connectivity index (χ1n) is 6.05. The zero-order chi connectivity index (χ0) is 15.0. The predicted octanol–water partition coefficient (Wildman–Crippen LogP) is 1.64. The molecule has 21 heavy (non-hydrogen) atoms. The van der Waals surface area contributed by atoms with Crippen molar-refractivity contribution >= 4 is 17.0 Å². The Labute approximate surface area is 117 Å². The number of H-pyrrole nitrogens is 1. The number of carbonyl (C=O) groups excluding carboxylic acids is 1. The van der Waals surface area contributed by atoms with Gasteiger partial charge in [-0.05, 0) is 24.3 Å². The number of methoxy groups -OCH3 is 1. The van der Waals surface area contributed by atoms with Gasteiger partial charge in [-0.1, -0.05) is 0 Å². The van der Waals surface area contributed by atoms with Gasteiger partial charge in [0.1, 0.15) is 5.82 Å². The lowest BCUT2D eigenvalue weighted by atomic mass is 10.2. The minimum absolute atomic E-state index is 0.0464. The van der Waals surface area contributed by atoms with Gasteiger partial charge in [0.05, 0.1) is 35.6 Å². The van der Waals surface area contributed by atoms with Crippen molar-refractivity contribution in [2.45, 2.75) is 0 Å². The van der Waals surface area contributed by atoms with Crippen LogP contribution in [0.15, 0.2) is 41.5 Å². The Morgan fingerprint density at radius 1 is 1.38 bits per heavy atom. The maximum absolute atomic E-state index is 14.2. The van der Waals surface area contributed by atoms with Crippen LogP contribution in [-0.2, 0) is 4.74 Å². The quantitative estimate of drug-likeness (QED) is 0.727. The molecule has 7 heteroatoms. The molecular weight excluding hydrogens is 277 g/mol. The van der Waals surface area contributed by atoms with Crippen molar-refractivity contribution in [2.75, 3.05) is 7.11 Å². The number of nitrogens with one attached hydrogen (secondary N) is 1. The van der Waals surface area contributed by atoms with Gasteiger partial charge < -0.3 is 9.72 Å². The smallest absolute Gasteiger partial charge is 0.337 e. The SMILES string of the molecule is COC(=O)c1ccc(-n2c(=O)[nH]c3cnccc32)c(F)c1. The van der Waals surface area contributed by atoms with Crippen molar-refractivity contribution in [1.29, 1.82) is 0 Å². The van der Waals surface area contributed by atoms with E-state index in [1.165, 1.54) is 36.2 Å². The summed E-state index contributed by atoms with van der Waals surface area (Å²) in [5, 5.41) is 0. The number of aromatic nitrogens is 3. The number of aromatic amines is 1. The molecule has 0 fully saturated rings. The molecule has 0 saturated heterocycles. The second kappa shape index (κ2) is 4.86. The molecule has 6 nitrogen and oxygen atoms in total. The molecule has 0 aliphatic heterocycles. The lowest BCUT2D eigenvalue weighted by Crippen LogP contribution is -2.16. The molecule has 0 atom stereocenters. The van der Waals surface area contributed by atoms with E-state index in [-0.39, 0.29) is 11.3 Å². The standard InChI is InChI=1S/C14H10FN3O3/c1-21-13(19)8-2-3-11(9(15)6-8)18-12-4-5-16-7-10(12)17-14(18)20/h2-7H,1H3,(H,17,20). The van der Waals surface area contributed by atoms with Crippen molar-refractivity contribution in [3.8, 4) is 5.69 Å². The average Bonchev–Trinajstić information content (AvgIpc) is 2.82. The van der Waals surface area contributed by atoms with Crippen LogP contribution in [0.2, 0.25) is 0 Å². The Morgan fingerprint density at radius 3 is 2.90 bits per heavy atom. The third-order valence-electron chi connectivity index (χ3n) is 3.09. The first-order valence-corrected chi connectivity index (χ1v) is 6.05. The van der Waals surface area contributed by atoms with E-state index in [1.807, 2.05) is 0 Å². The minimum atomic E-state index is -0.697. The number of ether oxygens (including phenoxy) is 1. The molecule has 0 spiro atoms. The van der Waals surface area contributed by atoms with Gasteiger partial charge in [0.15, 0.2) is 0 Å². The monoisotopic (exact) mass is 287 g/mol. The molecule has 0 aliphatic carbocycles. The number of esters is 1. The molecule has 3 rings (SSSR count). The van der Waals surface area contributed by atoms with E-state index in [0.29, 0.717) is 11.0 Å². The number of fused-ring (bicyclic) bond motifs is 1. The van der Waals surface area contributed by atoms with Crippen LogP contribution in [0, 0.1) is 5.82 Å². The van der Waals surface area contributed by atoms with Crippen molar-refractivity contribution in [2.24, 2.45) is 0 Å². The van der Waals surface area contributed by atoms with Gasteiger partial charge in [-0.2, -0.15) is 0 Å². The molecule has 1 N–H and O–H groups in total. The van der Waals surface area contributed by atoms with Crippen LogP contribution in [-0.4, -0.2) is 27.6 Å². The Balaban J connectivity index is 2.22. The van der Waals surface area contributed by atoms with E-state index >= 15 is 0 Å². The van der Waals surface area contributed by atoms with Crippen LogP contribution < -0.4 is 5.69 Å². The highest BCUT2D eigenvalue weighted by Gasteiger charge is 2.15. The van der Waals surface area contributed by atoms with Crippen LogP contribution in [0.4, 0.5) is 4.39 Å². The zero-order valence-corrected chi connectivity index (χ0v) is 11.0. The molecule has 0 saturated carbocycles. The zero-order valence-electron chi connectivity index (χ0n) is 11.0. The molecule has 0 aliphatic rings. The van der Waals surface area contributed by atoms with Gasteiger partial charge in [0.2, 0.25) is 0 Å². The molecule has 3 aromatic rings. The van der Waals surface area contributed by atoms with Crippen molar-refractivity contribution < 1.29 is 13.9 Å². The summed E-state index contributed by atoms with van der Waals surface area (Å²) in [6.45, 7) is 0. The molecule has 0 amide bonds. The highest BCUT2D eigenvalue weighted by atomic mass is 19.1. The summed E-state index contributed by atoms with van der Waals surface area (Å²) in [6.07, 6.45) is 2.99. The van der Waals surface area contributed by atoms with E-state index in [1.54, 1.807) is 6.07 Å². The van der Waals surface area contributed by atoms with Crippen molar-refractivity contribution in [3.05, 3.63) is 58.5 Å². The number of nitrogens with zero attached hydrogens (tertiary/aromatic N) is 2. The number of hydrogen-bond donors (Lipinski definition) is 1. The summed E-state index contributed by atoms with van der Waals surface area (Å²) < 4.78 is 19.9. The fourth-order valence-electron chi connectivity index (χ4n) is 2.13. The molecule has 0 unspecified atom stereocenters. The topological polar surface area (TPSA) is 77.0 Å². The van der Waals surface area contributed by atoms with Gasteiger partial charge in [-0.25, -0.2) is 14.0 Å². The van der Waals surface area contributed by atoms with Gasteiger partial charge in [-0.15, -0.1) is 0 Å². The van der Waals surface area contributed by atoms with E-state index in [2.05, 4.69) is 14.7 Å². The average molecular weight is 287 g/mol. The number of imidazole rings is 1. The first-order chi connectivity index (χ1) is 10.1. The van der Waals surface area contributed by atoms with Gasteiger partial charge in [-0.3, -0.25) is 9.55 Å². The fraction of sp³-hybridized carbons (Fsp3) is 0.0714. The first kappa shape index (κ1) is 13.0. The Bertz CT molecular complexity index is 898. The highest BCUT2D eigenvalue weighted by Crippen LogP contribution is 2.18. The number of carbonyl (C=O) groups is 1. The van der Waals surface area contributed by atoms with E-state index in [9.17, 15) is 14.0 Å². The number of pyridine rings is 1. The Kier molecular flexibility index (Phi) is 3.02. The lowest BCUT2D eigenvalue weighted by molar-refractivity contribution is 0.0600. The lowest BCUT2D eigenvalue weighted by Gasteiger charge is -2.06. The summed E-state index contributed by atoms with van der Waals surface area (Å²) in [5.41, 5.74) is 0.639. The molecule has 0 radical (unpaired) electrons. The summed E-state index contributed by atoms with van der Waals surface area (Å²) in [5.74, 6) is -1.34. The second-order valence-corrected chi connectivity index (χ2v) is 4.32. The van der Waals surface area contributed by atoms with Gasteiger partial charge >= 0.3 is 11.7 Å². The molecule has 1 aromatic carbocycles. The number of rotatable bonds is 2. The molecular formula is C14H10FN3O3. The maximum Gasteiger partial charge on any atom is 0.337 e. The Morgan fingerprint density at radius 2 is 2.19 bits per heavy atom. The second-order valence-electron chi connectivity index (χ2n) is 4.32. The number of halogens is 1. The molecule has 2 aromatic heterocycles. The van der Waals surface area contributed by atoms with Crippen LogP contribution in [0.3, 0.4) is 0 Å². The van der Waals surface area contributed by atoms with Gasteiger partial charge in [0, 0.05) is 6.20 Å². The largest absolute Gasteiger partial charge is 0.465 e. The summed E-state index contributed by atoms with van der Waals surface area (Å²) >= 11 is 0. The molecule has 2 heterocycles. The minimum Gasteiger partial charge on any atom is -0.465 e. The van der Waals surface area contributed by atoms with Crippen molar-refractivity contribution in [3.63, 3.8) is 0 Å². The maximum atomic E-state index is 14.2. The van der Waals surface area contributed by atoms with Crippen LogP contribution in [0.1, 0.15) is 10.4 Å².